The summed E-state index contributed by atoms with van der Waals surface area (Å²) in [7, 11) is 0. The lowest BCUT2D eigenvalue weighted by atomic mass is 9.83. The lowest BCUT2D eigenvalue weighted by molar-refractivity contribution is 0.595. The van der Waals surface area contributed by atoms with Crippen LogP contribution in [0.15, 0.2) is 36.4 Å². The van der Waals surface area contributed by atoms with Crippen LogP contribution < -0.4 is 0 Å². The maximum absolute atomic E-state index is 4.88. The molecule has 1 unspecified atom stereocenters. The van der Waals surface area contributed by atoms with Crippen LogP contribution >= 0.6 is 0 Å². The Morgan fingerprint density at radius 1 is 1.14 bits per heavy atom. The predicted octanol–water partition coefficient (Wildman–Crippen LogP) is 5.31. The van der Waals surface area contributed by atoms with E-state index in [1.54, 1.807) is 0 Å². The topological polar surface area (TPSA) is 17.3 Å². The Morgan fingerprint density at radius 3 is 2.68 bits per heavy atom. The van der Waals surface area contributed by atoms with E-state index in [-0.39, 0.29) is 5.41 Å². The first-order chi connectivity index (χ1) is 10.5. The van der Waals surface area contributed by atoms with Crippen LogP contribution in [-0.2, 0) is 5.41 Å². The normalized spacial score (nSPS) is 18.1. The second-order valence-electron chi connectivity index (χ2n) is 7.46. The van der Waals surface area contributed by atoms with Gasteiger partial charge in [0.2, 0.25) is 0 Å². The van der Waals surface area contributed by atoms with Gasteiger partial charge >= 0.3 is 0 Å². The minimum atomic E-state index is 0.117. The lowest BCUT2D eigenvalue weighted by Crippen LogP contribution is -2.13. The molecule has 2 aromatic heterocycles. The van der Waals surface area contributed by atoms with Gasteiger partial charge in [-0.3, -0.25) is 0 Å². The van der Waals surface area contributed by atoms with Crippen molar-refractivity contribution in [2.45, 2.75) is 45.4 Å². The Bertz CT molecular complexity index is 907. The summed E-state index contributed by atoms with van der Waals surface area (Å²) in [5.74, 6) is 0.534. The highest BCUT2D eigenvalue weighted by molar-refractivity contribution is 5.88. The molecule has 1 aliphatic rings. The molecule has 0 spiro atoms. The Labute approximate surface area is 131 Å². The number of hydrogen-bond acceptors (Lipinski definition) is 1. The van der Waals surface area contributed by atoms with Gasteiger partial charge in [0, 0.05) is 10.9 Å². The largest absolute Gasteiger partial charge is 0.232 e. The van der Waals surface area contributed by atoms with Gasteiger partial charge in [0.15, 0.2) is 0 Å². The molecule has 2 heteroatoms. The van der Waals surface area contributed by atoms with Crippen LogP contribution in [0.3, 0.4) is 0 Å². The first-order valence-corrected chi connectivity index (χ1v) is 8.08. The van der Waals surface area contributed by atoms with Crippen LogP contribution in [0.25, 0.3) is 22.5 Å². The van der Waals surface area contributed by atoms with E-state index in [0.29, 0.717) is 5.92 Å². The highest BCUT2D eigenvalue weighted by atomic mass is 15.2. The third kappa shape index (κ3) is 1.83. The number of benzene rings is 1. The molecular formula is C20H22N2. The number of aromatic nitrogens is 2. The third-order valence-corrected chi connectivity index (χ3v) is 4.76. The highest BCUT2D eigenvalue weighted by Gasteiger charge is 2.24. The third-order valence-electron chi connectivity index (χ3n) is 4.76. The molecule has 0 radical (unpaired) electrons. The molecule has 0 saturated carbocycles. The Hall–Kier alpha value is -2.09. The molecule has 0 bridgehead atoms. The summed E-state index contributed by atoms with van der Waals surface area (Å²) in [5, 5.41) is 6.19. The molecule has 0 amide bonds. The van der Waals surface area contributed by atoms with Crippen molar-refractivity contribution < 1.29 is 0 Å². The Morgan fingerprint density at radius 2 is 1.91 bits per heavy atom. The zero-order valence-electron chi connectivity index (χ0n) is 13.7. The summed E-state index contributed by atoms with van der Waals surface area (Å²) < 4.78 is 2.14. The van der Waals surface area contributed by atoms with Crippen LogP contribution in [0.2, 0.25) is 0 Å². The minimum Gasteiger partial charge on any atom is -0.232 e. The maximum Gasteiger partial charge on any atom is 0.0893 e. The Balaban J connectivity index is 2.21. The molecule has 0 saturated heterocycles. The average molecular weight is 290 g/mol. The highest BCUT2D eigenvalue weighted by Crippen LogP contribution is 2.37. The van der Waals surface area contributed by atoms with E-state index in [4.69, 9.17) is 5.10 Å². The first kappa shape index (κ1) is 13.6. The van der Waals surface area contributed by atoms with E-state index in [9.17, 15) is 0 Å². The minimum absolute atomic E-state index is 0.117. The molecule has 2 heterocycles. The zero-order valence-corrected chi connectivity index (χ0v) is 13.7. The van der Waals surface area contributed by atoms with Gasteiger partial charge in [-0.2, -0.15) is 5.10 Å². The van der Waals surface area contributed by atoms with Gasteiger partial charge in [0.1, 0.15) is 0 Å². The number of rotatable bonds is 0. The number of allylic oxidation sites excluding steroid dienone is 1. The number of nitrogens with zero attached hydrogens (tertiary/aromatic N) is 2. The average Bonchev–Trinajstić information content (AvgIpc) is 2.85. The number of pyridine rings is 1. The van der Waals surface area contributed by atoms with Crippen molar-refractivity contribution in [3.63, 3.8) is 0 Å². The van der Waals surface area contributed by atoms with Crippen LogP contribution in [0.4, 0.5) is 0 Å². The monoisotopic (exact) mass is 290 g/mol. The second-order valence-corrected chi connectivity index (χ2v) is 7.46. The molecule has 1 aliphatic carbocycles. The van der Waals surface area contributed by atoms with Gasteiger partial charge in [-0.1, -0.05) is 52.0 Å². The molecule has 1 aromatic carbocycles. The zero-order chi connectivity index (χ0) is 15.5. The van der Waals surface area contributed by atoms with Crippen molar-refractivity contribution in [1.82, 2.24) is 9.61 Å². The van der Waals surface area contributed by atoms with Crippen molar-refractivity contribution in [3.05, 3.63) is 53.2 Å². The van der Waals surface area contributed by atoms with Crippen molar-refractivity contribution in [3.8, 4) is 0 Å². The fourth-order valence-electron chi connectivity index (χ4n) is 3.63. The van der Waals surface area contributed by atoms with Crippen molar-refractivity contribution in [2.75, 3.05) is 0 Å². The number of fused-ring (bicyclic) bond motifs is 5. The fraction of sp³-hybridized carbons (Fsp3) is 0.350. The molecule has 1 atom stereocenters. The summed E-state index contributed by atoms with van der Waals surface area (Å²) in [6.45, 7) is 9.17. The van der Waals surface area contributed by atoms with Gasteiger partial charge in [0.25, 0.3) is 0 Å². The van der Waals surface area contributed by atoms with E-state index in [2.05, 4.69) is 74.7 Å². The molecule has 4 rings (SSSR count). The van der Waals surface area contributed by atoms with E-state index in [1.807, 2.05) is 0 Å². The summed E-state index contributed by atoms with van der Waals surface area (Å²) in [5.41, 5.74) is 6.54. The van der Waals surface area contributed by atoms with Gasteiger partial charge in [-0.05, 0) is 41.5 Å². The summed E-state index contributed by atoms with van der Waals surface area (Å²) in [6.07, 6.45) is 5.52. The van der Waals surface area contributed by atoms with Crippen LogP contribution in [-0.4, -0.2) is 9.61 Å². The fourth-order valence-corrected chi connectivity index (χ4v) is 3.63. The summed E-state index contributed by atoms with van der Waals surface area (Å²) in [4.78, 5) is 0. The standard InChI is InChI=1S/C20H22N2/c1-13-8-7-10-16-19(13)18-12-15(20(2,3)4)14-9-5-6-11-17(14)22(18)21-16/h5-7,9-13H,8H2,1-4H3. The molecule has 0 aliphatic heterocycles. The van der Waals surface area contributed by atoms with E-state index < -0.39 is 0 Å². The van der Waals surface area contributed by atoms with Crippen LogP contribution in [0.1, 0.15) is 56.9 Å². The quantitative estimate of drug-likeness (QED) is 0.549. The van der Waals surface area contributed by atoms with Gasteiger partial charge in [-0.15, -0.1) is 0 Å². The smallest absolute Gasteiger partial charge is 0.0893 e. The van der Waals surface area contributed by atoms with Gasteiger partial charge < -0.3 is 0 Å². The van der Waals surface area contributed by atoms with Gasteiger partial charge in [-0.25, -0.2) is 4.52 Å². The van der Waals surface area contributed by atoms with Crippen LogP contribution in [0, 0.1) is 0 Å². The molecule has 22 heavy (non-hydrogen) atoms. The number of hydrogen-bond donors (Lipinski definition) is 0. The SMILES string of the molecule is CC1CC=Cc2nn3c(cc(C(C)(C)C)c4ccccc43)c21. The molecule has 0 fully saturated rings. The molecule has 112 valence electrons. The van der Waals surface area contributed by atoms with Crippen molar-refractivity contribution in [1.29, 1.82) is 0 Å². The molecule has 2 nitrogen and oxygen atoms in total. The Kier molecular flexibility index (Phi) is 2.75. The van der Waals surface area contributed by atoms with Gasteiger partial charge in [0.05, 0.1) is 16.7 Å². The second kappa shape index (κ2) is 4.45. The predicted molar refractivity (Wildman–Crippen MR) is 93.5 cm³/mol. The van der Waals surface area contributed by atoms with Crippen LogP contribution in [0.5, 0.6) is 0 Å². The van der Waals surface area contributed by atoms with Crippen molar-refractivity contribution >= 4 is 22.5 Å². The molecule has 0 N–H and O–H groups in total. The summed E-state index contributed by atoms with van der Waals surface area (Å²) in [6, 6.07) is 11.0. The van der Waals surface area contributed by atoms with E-state index in [0.717, 1.165) is 12.1 Å². The van der Waals surface area contributed by atoms with Crippen molar-refractivity contribution in [2.24, 2.45) is 0 Å². The number of para-hydroxylation sites is 1. The molecular weight excluding hydrogens is 268 g/mol. The van der Waals surface area contributed by atoms with E-state index >= 15 is 0 Å². The molecule has 3 aromatic rings. The lowest BCUT2D eigenvalue weighted by Gasteiger charge is -2.22. The summed E-state index contributed by atoms with van der Waals surface area (Å²) >= 11 is 0. The van der Waals surface area contributed by atoms with E-state index in [1.165, 1.54) is 27.5 Å². The first-order valence-electron chi connectivity index (χ1n) is 8.08. The maximum atomic E-state index is 4.88.